The van der Waals surface area contributed by atoms with E-state index in [-0.39, 0.29) is 12.1 Å². The molecule has 1 saturated carbocycles. The average molecular weight is 197 g/mol. The third-order valence-electron chi connectivity index (χ3n) is 2.53. The molecule has 14 heavy (non-hydrogen) atoms. The monoisotopic (exact) mass is 197 g/mol. The first-order valence-electron chi connectivity index (χ1n) is 4.85. The van der Waals surface area contributed by atoms with E-state index in [9.17, 15) is 5.11 Å². The first-order chi connectivity index (χ1) is 6.77. The van der Waals surface area contributed by atoms with Crippen LogP contribution in [-0.4, -0.2) is 35.3 Å². The second-order valence-corrected chi connectivity index (χ2v) is 3.57. The molecule has 2 atom stereocenters. The smallest absolute Gasteiger partial charge is 0.232 e. The molecule has 0 saturated heterocycles. The normalized spacial score (nSPS) is 34.4. The van der Waals surface area contributed by atoms with Crippen molar-refractivity contribution in [3.8, 4) is 0 Å². The molecule has 0 aromatic rings. The molecule has 0 bridgehead atoms. The maximum absolute atomic E-state index is 9.59. The number of hydrogen-bond acceptors (Lipinski definition) is 3. The van der Waals surface area contributed by atoms with Crippen LogP contribution in [0.25, 0.3) is 0 Å². The summed E-state index contributed by atoms with van der Waals surface area (Å²) in [6.45, 7) is 0. The molecule has 5 nitrogen and oxygen atoms in total. The molecule has 0 unspecified atom stereocenters. The minimum Gasteiger partial charge on any atom is -0.391 e. The van der Waals surface area contributed by atoms with Gasteiger partial charge in [-0.15, -0.1) is 0 Å². The second kappa shape index (κ2) is 3.88. The highest BCUT2D eigenvalue weighted by atomic mass is 16.7. The summed E-state index contributed by atoms with van der Waals surface area (Å²) in [5.74, 6) is 0.651. The van der Waals surface area contributed by atoms with Gasteiger partial charge in [-0.2, -0.15) is 5.06 Å². The van der Waals surface area contributed by atoms with Gasteiger partial charge in [0.2, 0.25) is 5.96 Å². The van der Waals surface area contributed by atoms with E-state index in [1.165, 1.54) is 0 Å². The lowest BCUT2D eigenvalue weighted by Gasteiger charge is -2.23. The highest BCUT2D eigenvalue weighted by Gasteiger charge is 2.26. The zero-order valence-electron chi connectivity index (χ0n) is 8.18. The molecule has 0 aromatic carbocycles. The molecular weight excluding hydrogens is 182 g/mol. The summed E-state index contributed by atoms with van der Waals surface area (Å²) in [6, 6.07) is 0.00931. The van der Waals surface area contributed by atoms with E-state index in [1.54, 1.807) is 24.6 Å². The zero-order chi connectivity index (χ0) is 9.97. The van der Waals surface area contributed by atoms with Gasteiger partial charge in [-0.3, -0.25) is 0 Å². The zero-order valence-corrected chi connectivity index (χ0v) is 8.18. The van der Waals surface area contributed by atoms with Gasteiger partial charge in [0.05, 0.1) is 12.1 Å². The van der Waals surface area contributed by atoms with Crippen LogP contribution in [0.5, 0.6) is 0 Å². The summed E-state index contributed by atoms with van der Waals surface area (Å²) in [6.07, 6.45) is 5.77. The van der Waals surface area contributed by atoms with E-state index in [0.717, 1.165) is 19.3 Å². The fourth-order valence-electron chi connectivity index (χ4n) is 1.72. The number of rotatable bonds is 1. The Morgan fingerprint density at radius 3 is 3.14 bits per heavy atom. The third-order valence-corrected chi connectivity index (χ3v) is 2.53. The van der Waals surface area contributed by atoms with Gasteiger partial charge in [0.1, 0.15) is 6.26 Å². The molecule has 1 aliphatic heterocycles. The molecule has 0 spiro atoms. The van der Waals surface area contributed by atoms with Gasteiger partial charge >= 0.3 is 0 Å². The highest BCUT2D eigenvalue weighted by Crippen LogP contribution is 2.22. The topological polar surface area (TPSA) is 57.1 Å². The van der Waals surface area contributed by atoms with E-state index in [4.69, 9.17) is 4.84 Å². The van der Waals surface area contributed by atoms with Crippen molar-refractivity contribution < 1.29 is 9.94 Å². The fraction of sp³-hybridized carbons (Fsp3) is 0.667. The number of guanidine groups is 1. The number of aliphatic imine (C=N–C) groups is 1. The van der Waals surface area contributed by atoms with Crippen molar-refractivity contribution in [2.45, 2.75) is 31.4 Å². The molecule has 1 heterocycles. The molecule has 5 heteroatoms. The number of aliphatic hydroxyl groups excluding tert-OH is 1. The molecule has 1 fully saturated rings. The summed E-state index contributed by atoms with van der Waals surface area (Å²) in [5, 5.41) is 14.1. The van der Waals surface area contributed by atoms with Crippen molar-refractivity contribution in [1.29, 1.82) is 0 Å². The van der Waals surface area contributed by atoms with Crippen LogP contribution in [0.2, 0.25) is 0 Å². The molecule has 0 amide bonds. The van der Waals surface area contributed by atoms with E-state index < -0.39 is 0 Å². The molecule has 2 aliphatic rings. The van der Waals surface area contributed by atoms with Gasteiger partial charge < -0.3 is 15.3 Å². The van der Waals surface area contributed by atoms with Crippen LogP contribution in [0.4, 0.5) is 0 Å². The van der Waals surface area contributed by atoms with Crippen LogP contribution < -0.4 is 5.32 Å². The minimum absolute atomic E-state index is 0.00931. The maximum Gasteiger partial charge on any atom is 0.232 e. The number of nitrogens with one attached hydrogen (secondary N) is 1. The van der Waals surface area contributed by atoms with E-state index in [0.29, 0.717) is 5.96 Å². The molecule has 2 N–H and O–H groups in total. The van der Waals surface area contributed by atoms with E-state index in [1.807, 2.05) is 0 Å². The summed E-state index contributed by atoms with van der Waals surface area (Å²) in [5.41, 5.74) is 0. The molecule has 0 radical (unpaired) electrons. The number of nitrogens with zero attached hydrogens (tertiary/aromatic N) is 2. The van der Waals surface area contributed by atoms with Crippen LogP contribution in [0, 0.1) is 0 Å². The van der Waals surface area contributed by atoms with Gasteiger partial charge in [-0.25, -0.2) is 4.99 Å². The van der Waals surface area contributed by atoms with Crippen molar-refractivity contribution in [3.05, 3.63) is 12.5 Å². The Balaban J connectivity index is 2.05. The molecule has 78 valence electrons. The first kappa shape index (κ1) is 9.33. The predicted octanol–water partition coefficient (Wildman–Crippen LogP) is 0.194. The van der Waals surface area contributed by atoms with Crippen molar-refractivity contribution in [2.24, 2.45) is 4.99 Å². The van der Waals surface area contributed by atoms with Crippen molar-refractivity contribution in [1.82, 2.24) is 10.4 Å². The van der Waals surface area contributed by atoms with Crippen LogP contribution in [0.1, 0.15) is 19.3 Å². The summed E-state index contributed by atoms with van der Waals surface area (Å²) < 4.78 is 0. The van der Waals surface area contributed by atoms with Crippen molar-refractivity contribution in [3.63, 3.8) is 0 Å². The minimum atomic E-state index is -0.302. The van der Waals surface area contributed by atoms with Crippen molar-refractivity contribution in [2.75, 3.05) is 7.05 Å². The van der Waals surface area contributed by atoms with Gasteiger partial charge in [-0.05, 0) is 19.3 Å². The molecule has 2 rings (SSSR count). The van der Waals surface area contributed by atoms with E-state index >= 15 is 0 Å². The van der Waals surface area contributed by atoms with Gasteiger partial charge in [0, 0.05) is 13.2 Å². The Labute approximate surface area is 83.0 Å². The quantitative estimate of drug-likeness (QED) is 0.630. The largest absolute Gasteiger partial charge is 0.391 e. The van der Waals surface area contributed by atoms with E-state index in [2.05, 4.69) is 10.3 Å². The lowest BCUT2D eigenvalue weighted by molar-refractivity contribution is -0.0174. The fourth-order valence-corrected chi connectivity index (χ4v) is 1.72. The lowest BCUT2D eigenvalue weighted by atomic mass is 10.2. The van der Waals surface area contributed by atoms with Crippen LogP contribution in [-0.2, 0) is 4.84 Å². The Kier molecular flexibility index (Phi) is 2.58. The predicted molar refractivity (Wildman–Crippen MR) is 52.2 cm³/mol. The summed E-state index contributed by atoms with van der Waals surface area (Å²) in [4.78, 5) is 9.52. The molecule has 1 aliphatic carbocycles. The van der Waals surface area contributed by atoms with Crippen molar-refractivity contribution >= 4 is 5.96 Å². The summed E-state index contributed by atoms with van der Waals surface area (Å²) >= 11 is 0. The Hall–Kier alpha value is -1.23. The molecule has 0 aromatic heterocycles. The standard InChI is InChI=1S/C9H15N3O2/c1-12-9(10-5-6-14-12)11-7-3-2-4-8(7)13/h5-8,13H,2-4H2,1H3,(H,10,11)/t7-,8-/m1/s1. The first-order valence-corrected chi connectivity index (χ1v) is 4.85. The lowest BCUT2D eigenvalue weighted by Crippen LogP contribution is -2.39. The number of hydrogen-bond donors (Lipinski definition) is 2. The Morgan fingerprint density at radius 1 is 1.64 bits per heavy atom. The molecular formula is C9H15N3O2. The van der Waals surface area contributed by atoms with Crippen LogP contribution in [0.3, 0.4) is 0 Å². The van der Waals surface area contributed by atoms with Gasteiger partial charge in [0.25, 0.3) is 0 Å². The Bertz CT molecular complexity index is 265. The maximum atomic E-state index is 9.59. The van der Waals surface area contributed by atoms with Crippen LogP contribution >= 0.6 is 0 Å². The number of aliphatic hydroxyl groups is 1. The second-order valence-electron chi connectivity index (χ2n) is 3.57. The average Bonchev–Trinajstić information content (AvgIpc) is 2.56. The van der Waals surface area contributed by atoms with Gasteiger partial charge in [-0.1, -0.05) is 0 Å². The highest BCUT2D eigenvalue weighted by molar-refractivity contribution is 5.80. The van der Waals surface area contributed by atoms with Gasteiger partial charge in [0.15, 0.2) is 0 Å². The third kappa shape index (κ3) is 1.82. The summed E-state index contributed by atoms with van der Waals surface area (Å²) in [7, 11) is 1.77. The van der Waals surface area contributed by atoms with Crippen LogP contribution in [0.15, 0.2) is 17.5 Å². The number of hydroxylamine groups is 2. The Morgan fingerprint density at radius 2 is 2.50 bits per heavy atom. The SMILES string of the molecule is CN1OC=CNC1=N[C@@H]1CCC[C@H]1O.